The van der Waals surface area contributed by atoms with Gasteiger partial charge in [0.2, 0.25) is 0 Å². The van der Waals surface area contributed by atoms with Crippen LogP contribution in [0.4, 0.5) is 5.69 Å². The summed E-state index contributed by atoms with van der Waals surface area (Å²) in [5.74, 6) is -0.171. The standard InChI is InChI=1S/C18H12N2O/c19-11-12-4-3-6-14(10-12)18(21)16-9-8-13-5-1-2-7-15(13)17(16)20/h1-10H,20H2. The van der Waals surface area contributed by atoms with Gasteiger partial charge in [-0.15, -0.1) is 0 Å². The van der Waals surface area contributed by atoms with Crippen molar-refractivity contribution in [3.63, 3.8) is 0 Å². The number of nitrogens with zero attached hydrogens (tertiary/aromatic N) is 1. The highest BCUT2D eigenvalue weighted by Gasteiger charge is 2.14. The van der Waals surface area contributed by atoms with Crippen LogP contribution in [0.2, 0.25) is 0 Å². The summed E-state index contributed by atoms with van der Waals surface area (Å²) in [7, 11) is 0. The Hall–Kier alpha value is -3.12. The number of nitrogens with two attached hydrogens (primary N) is 1. The number of anilines is 1. The third-order valence-electron chi connectivity index (χ3n) is 3.47. The fourth-order valence-corrected chi connectivity index (χ4v) is 2.38. The molecule has 0 spiro atoms. The van der Waals surface area contributed by atoms with Crippen LogP contribution in [-0.2, 0) is 0 Å². The van der Waals surface area contributed by atoms with Crippen molar-refractivity contribution in [1.82, 2.24) is 0 Å². The first-order valence-corrected chi connectivity index (χ1v) is 6.53. The Balaban J connectivity index is 2.14. The zero-order valence-corrected chi connectivity index (χ0v) is 11.2. The minimum Gasteiger partial charge on any atom is -0.398 e. The van der Waals surface area contributed by atoms with E-state index in [1.807, 2.05) is 36.4 Å². The number of rotatable bonds is 2. The highest BCUT2D eigenvalue weighted by molar-refractivity contribution is 6.16. The molecule has 0 atom stereocenters. The van der Waals surface area contributed by atoms with E-state index in [4.69, 9.17) is 11.0 Å². The van der Waals surface area contributed by atoms with E-state index in [1.165, 1.54) is 0 Å². The SMILES string of the molecule is N#Cc1cccc(C(=O)c2ccc3ccccc3c2N)c1. The molecule has 3 aromatic rings. The van der Waals surface area contributed by atoms with Crippen molar-refractivity contribution in [1.29, 1.82) is 5.26 Å². The summed E-state index contributed by atoms with van der Waals surface area (Å²) in [4.78, 5) is 12.6. The molecule has 21 heavy (non-hydrogen) atoms. The van der Waals surface area contributed by atoms with Crippen LogP contribution in [0.5, 0.6) is 0 Å². The molecule has 0 radical (unpaired) electrons. The van der Waals surface area contributed by atoms with E-state index in [2.05, 4.69) is 0 Å². The van der Waals surface area contributed by atoms with Crippen molar-refractivity contribution in [2.45, 2.75) is 0 Å². The molecule has 0 saturated carbocycles. The average molecular weight is 272 g/mol. The number of nitriles is 1. The number of ketones is 1. The van der Waals surface area contributed by atoms with Crippen LogP contribution in [0.1, 0.15) is 21.5 Å². The molecular weight excluding hydrogens is 260 g/mol. The van der Waals surface area contributed by atoms with Gasteiger partial charge in [-0.3, -0.25) is 4.79 Å². The summed E-state index contributed by atoms with van der Waals surface area (Å²) in [5, 5.41) is 10.8. The molecule has 0 aromatic heterocycles. The molecule has 3 nitrogen and oxygen atoms in total. The Morgan fingerprint density at radius 2 is 1.81 bits per heavy atom. The van der Waals surface area contributed by atoms with Gasteiger partial charge in [-0.2, -0.15) is 5.26 Å². The summed E-state index contributed by atoms with van der Waals surface area (Å²) < 4.78 is 0. The number of carbonyl (C=O) groups is 1. The predicted molar refractivity (Wildman–Crippen MR) is 82.9 cm³/mol. The minimum atomic E-state index is -0.171. The van der Waals surface area contributed by atoms with Crippen molar-refractivity contribution in [2.24, 2.45) is 0 Å². The highest BCUT2D eigenvalue weighted by Crippen LogP contribution is 2.26. The molecule has 0 saturated heterocycles. The third kappa shape index (κ3) is 2.24. The summed E-state index contributed by atoms with van der Waals surface area (Å²) in [6.45, 7) is 0. The zero-order valence-electron chi connectivity index (χ0n) is 11.2. The topological polar surface area (TPSA) is 66.9 Å². The molecular formula is C18H12N2O. The second-order valence-corrected chi connectivity index (χ2v) is 4.77. The second-order valence-electron chi connectivity index (χ2n) is 4.77. The van der Waals surface area contributed by atoms with Crippen molar-refractivity contribution in [2.75, 3.05) is 5.73 Å². The molecule has 0 fully saturated rings. The Labute approximate surface area is 122 Å². The predicted octanol–water partition coefficient (Wildman–Crippen LogP) is 3.52. The number of nitrogen functional groups attached to an aromatic ring is 1. The number of fused-ring (bicyclic) bond motifs is 1. The fraction of sp³-hybridized carbons (Fsp3) is 0. The van der Waals surface area contributed by atoms with Crippen LogP contribution in [-0.4, -0.2) is 5.78 Å². The van der Waals surface area contributed by atoms with Crippen LogP contribution in [0, 0.1) is 11.3 Å². The Morgan fingerprint density at radius 3 is 2.62 bits per heavy atom. The van der Waals surface area contributed by atoms with E-state index < -0.39 is 0 Å². The normalized spacial score (nSPS) is 10.2. The zero-order chi connectivity index (χ0) is 14.8. The van der Waals surface area contributed by atoms with Gasteiger partial charge in [-0.05, 0) is 23.6 Å². The lowest BCUT2D eigenvalue weighted by Gasteiger charge is -2.08. The molecule has 3 rings (SSSR count). The van der Waals surface area contributed by atoms with E-state index >= 15 is 0 Å². The van der Waals surface area contributed by atoms with Gasteiger partial charge in [0.05, 0.1) is 17.3 Å². The lowest BCUT2D eigenvalue weighted by atomic mass is 9.97. The molecule has 3 heteroatoms. The average Bonchev–Trinajstić information content (AvgIpc) is 2.55. The van der Waals surface area contributed by atoms with Gasteiger partial charge in [-0.25, -0.2) is 0 Å². The van der Waals surface area contributed by atoms with Crippen molar-refractivity contribution in [3.8, 4) is 6.07 Å². The molecule has 0 aliphatic rings. The highest BCUT2D eigenvalue weighted by atomic mass is 16.1. The maximum absolute atomic E-state index is 12.6. The van der Waals surface area contributed by atoms with Crippen LogP contribution in [0.3, 0.4) is 0 Å². The number of hydrogen-bond acceptors (Lipinski definition) is 3. The van der Waals surface area contributed by atoms with Crippen LogP contribution >= 0.6 is 0 Å². The van der Waals surface area contributed by atoms with E-state index in [0.29, 0.717) is 22.4 Å². The third-order valence-corrected chi connectivity index (χ3v) is 3.47. The van der Waals surface area contributed by atoms with Crippen molar-refractivity contribution in [3.05, 3.63) is 77.4 Å². The number of carbonyl (C=O) groups excluding carboxylic acids is 1. The van der Waals surface area contributed by atoms with E-state index in [-0.39, 0.29) is 5.78 Å². The first-order valence-electron chi connectivity index (χ1n) is 6.53. The van der Waals surface area contributed by atoms with Gasteiger partial charge >= 0.3 is 0 Å². The maximum Gasteiger partial charge on any atom is 0.195 e. The first kappa shape index (κ1) is 12.9. The largest absolute Gasteiger partial charge is 0.398 e. The quantitative estimate of drug-likeness (QED) is 0.573. The van der Waals surface area contributed by atoms with Crippen molar-refractivity contribution >= 4 is 22.2 Å². The van der Waals surface area contributed by atoms with Gasteiger partial charge in [-0.1, -0.05) is 42.5 Å². The van der Waals surface area contributed by atoms with Gasteiger partial charge in [0.15, 0.2) is 5.78 Å². The van der Waals surface area contributed by atoms with Gasteiger partial charge in [0, 0.05) is 16.5 Å². The summed E-state index contributed by atoms with van der Waals surface area (Å²) in [6.07, 6.45) is 0. The Bertz CT molecular complexity index is 891. The lowest BCUT2D eigenvalue weighted by molar-refractivity contribution is 0.103. The van der Waals surface area contributed by atoms with Crippen LogP contribution in [0.25, 0.3) is 10.8 Å². The van der Waals surface area contributed by atoms with Crippen molar-refractivity contribution < 1.29 is 4.79 Å². The van der Waals surface area contributed by atoms with Gasteiger partial charge in [0.25, 0.3) is 0 Å². The Kier molecular flexibility index (Phi) is 3.13. The number of benzene rings is 3. The smallest absolute Gasteiger partial charge is 0.195 e. The van der Waals surface area contributed by atoms with E-state index in [1.54, 1.807) is 30.3 Å². The molecule has 2 N–H and O–H groups in total. The molecule has 0 aliphatic carbocycles. The number of hydrogen-bond donors (Lipinski definition) is 1. The van der Waals surface area contributed by atoms with Gasteiger partial charge < -0.3 is 5.73 Å². The summed E-state index contributed by atoms with van der Waals surface area (Å²) in [6, 6.07) is 20.0. The fourth-order valence-electron chi connectivity index (χ4n) is 2.38. The van der Waals surface area contributed by atoms with Gasteiger partial charge in [0.1, 0.15) is 0 Å². The molecule has 0 bridgehead atoms. The molecule has 0 aliphatic heterocycles. The molecule has 3 aromatic carbocycles. The summed E-state index contributed by atoms with van der Waals surface area (Å²) in [5.41, 5.74) is 8.00. The Morgan fingerprint density at radius 1 is 1.00 bits per heavy atom. The molecule has 100 valence electrons. The minimum absolute atomic E-state index is 0.171. The maximum atomic E-state index is 12.6. The van der Waals surface area contributed by atoms with Crippen LogP contribution in [0.15, 0.2) is 60.7 Å². The van der Waals surface area contributed by atoms with E-state index in [9.17, 15) is 4.79 Å². The summed E-state index contributed by atoms with van der Waals surface area (Å²) >= 11 is 0. The first-order chi connectivity index (χ1) is 10.2. The molecule has 0 heterocycles. The van der Waals surface area contributed by atoms with Crippen LogP contribution < -0.4 is 5.73 Å². The second kappa shape index (κ2) is 5.10. The lowest BCUT2D eigenvalue weighted by Crippen LogP contribution is -2.06. The molecule has 0 unspecified atom stereocenters. The van der Waals surface area contributed by atoms with E-state index in [0.717, 1.165) is 10.8 Å². The molecule has 0 amide bonds. The monoisotopic (exact) mass is 272 g/mol.